The lowest BCUT2D eigenvalue weighted by Crippen LogP contribution is -2.16. The van der Waals surface area contributed by atoms with Crippen LogP contribution in [0.1, 0.15) is 28.8 Å². The summed E-state index contributed by atoms with van der Waals surface area (Å²) in [6.45, 7) is 0.618. The summed E-state index contributed by atoms with van der Waals surface area (Å²) in [4.78, 5) is 23.2. The Morgan fingerprint density at radius 2 is 2.24 bits per heavy atom. The molecule has 1 fully saturated rings. The third kappa shape index (κ3) is 2.65. The van der Waals surface area contributed by atoms with Crippen molar-refractivity contribution in [3.05, 3.63) is 29.3 Å². The predicted molar refractivity (Wildman–Crippen MR) is 82.3 cm³/mol. The molecule has 21 heavy (non-hydrogen) atoms. The molecule has 1 saturated carbocycles. The van der Waals surface area contributed by atoms with Crippen LogP contribution in [0.2, 0.25) is 0 Å². The fraction of sp³-hybridized carbons (Fsp3) is 0.267. The number of hydrogen-bond acceptors (Lipinski definition) is 5. The maximum absolute atomic E-state index is 11.8. The largest absolute Gasteiger partial charge is 0.381 e. The number of carbonyl (C=O) groups excluding carboxylic acids is 2. The van der Waals surface area contributed by atoms with Crippen LogP contribution in [-0.2, 0) is 4.79 Å². The van der Waals surface area contributed by atoms with Crippen LogP contribution < -0.4 is 16.5 Å². The number of nitrogens with zero attached hydrogens (tertiary/aromatic N) is 1. The highest BCUT2D eigenvalue weighted by atomic mass is 16.2. The van der Waals surface area contributed by atoms with Gasteiger partial charge in [0.05, 0.1) is 6.21 Å². The lowest BCUT2D eigenvalue weighted by molar-refractivity contribution is -0.117. The van der Waals surface area contributed by atoms with E-state index in [2.05, 4.69) is 15.7 Å². The zero-order valence-electron chi connectivity index (χ0n) is 11.4. The van der Waals surface area contributed by atoms with Crippen LogP contribution in [0.3, 0.4) is 0 Å². The number of fused-ring (bicyclic) bond motifs is 1. The first-order valence-corrected chi connectivity index (χ1v) is 6.84. The van der Waals surface area contributed by atoms with E-state index in [9.17, 15) is 9.59 Å². The van der Waals surface area contributed by atoms with Gasteiger partial charge in [0.2, 0.25) is 5.91 Å². The highest BCUT2D eigenvalue weighted by Crippen LogP contribution is 2.34. The van der Waals surface area contributed by atoms with E-state index in [0.717, 1.165) is 36.0 Å². The van der Waals surface area contributed by atoms with Crippen LogP contribution in [0.5, 0.6) is 0 Å². The van der Waals surface area contributed by atoms with Gasteiger partial charge in [-0.25, -0.2) is 0 Å². The Hall–Kier alpha value is -2.63. The summed E-state index contributed by atoms with van der Waals surface area (Å²) in [6, 6.07) is 3.51. The molecule has 1 aromatic rings. The first kappa shape index (κ1) is 13.4. The summed E-state index contributed by atoms with van der Waals surface area (Å²) in [7, 11) is 0. The fourth-order valence-corrected chi connectivity index (χ4v) is 2.45. The Labute approximate surface area is 122 Å². The molecule has 3 rings (SSSR count). The number of rotatable bonds is 4. The molecule has 0 unspecified atom stereocenters. The van der Waals surface area contributed by atoms with Crippen LogP contribution in [0.25, 0.3) is 5.57 Å². The molecule has 1 amide bonds. The number of hydrogen-bond donors (Lipinski definition) is 3. The van der Waals surface area contributed by atoms with Crippen LogP contribution in [-0.4, -0.2) is 25.0 Å². The summed E-state index contributed by atoms with van der Waals surface area (Å²) in [5.74, 6) is 5.34. The van der Waals surface area contributed by atoms with E-state index in [-0.39, 0.29) is 11.8 Å². The zero-order valence-corrected chi connectivity index (χ0v) is 11.4. The molecule has 0 aromatic heterocycles. The molecule has 1 heterocycles. The first-order chi connectivity index (χ1) is 10.2. The van der Waals surface area contributed by atoms with Crippen molar-refractivity contribution in [2.24, 2.45) is 16.9 Å². The molecule has 1 aliphatic heterocycles. The molecule has 4 N–H and O–H groups in total. The van der Waals surface area contributed by atoms with Gasteiger partial charge in [-0.05, 0) is 25.0 Å². The number of hydrazone groups is 1. The SMILES string of the molecule is N/N=C\C1=CCNc2cc(NC(=O)C3CC3)cc(C=O)c21. The van der Waals surface area contributed by atoms with E-state index in [4.69, 9.17) is 5.84 Å². The van der Waals surface area contributed by atoms with Gasteiger partial charge in [0.1, 0.15) is 0 Å². The van der Waals surface area contributed by atoms with Crippen molar-refractivity contribution in [3.8, 4) is 0 Å². The van der Waals surface area contributed by atoms with Gasteiger partial charge >= 0.3 is 0 Å². The normalized spacial score (nSPS) is 16.9. The second-order valence-electron chi connectivity index (χ2n) is 5.19. The summed E-state index contributed by atoms with van der Waals surface area (Å²) >= 11 is 0. The van der Waals surface area contributed by atoms with E-state index in [1.807, 2.05) is 12.1 Å². The summed E-state index contributed by atoms with van der Waals surface area (Å²) in [5, 5.41) is 9.58. The van der Waals surface area contributed by atoms with Crippen molar-refractivity contribution in [2.75, 3.05) is 17.2 Å². The van der Waals surface area contributed by atoms with Crippen molar-refractivity contribution < 1.29 is 9.59 Å². The number of anilines is 2. The molecule has 0 saturated heterocycles. The Morgan fingerprint density at radius 1 is 1.43 bits per heavy atom. The molecule has 1 aromatic carbocycles. The lowest BCUT2D eigenvalue weighted by atomic mass is 9.95. The number of nitrogens with one attached hydrogen (secondary N) is 2. The van der Waals surface area contributed by atoms with E-state index in [0.29, 0.717) is 17.8 Å². The average molecular weight is 284 g/mol. The van der Waals surface area contributed by atoms with Crippen molar-refractivity contribution >= 4 is 35.4 Å². The quantitative estimate of drug-likeness (QED) is 0.338. The number of carbonyl (C=O) groups is 2. The van der Waals surface area contributed by atoms with Crippen LogP contribution in [0, 0.1) is 5.92 Å². The minimum atomic E-state index is 0.0156. The number of aldehydes is 1. The van der Waals surface area contributed by atoms with Crippen molar-refractivity contribution in [2.45, 2.75) is 12.8 Å². The molecule has 0 spiro atoms. The summed E-state index contributed by atoms with van der Waals surface area (Å²) in [6.07, 6.45) is 6.09. The van der Waals surface area contributed by atoms with Gasteiger partial charge in [0, 0.05) is 40.5 Å². The second kappa shape index (κ2) is 5.40. The van der Waals surface area contributed by atoms with E-state index in [1.54, 1.807) is 6.07 Å². The predicted octanol–water partition coefficient (Wildman–Crippen LogP) is 1.60. The van der Waals surface area contributed by atoms with Crippen molar-refractivity contribution in [1.29, 1.82) is 0 Å². The van der Waals surface area contributed by atoms with Crippen molar-refractivity contribution in [1.82, 2.24) is 0 Å². The Kier molecular flexibility index (Phi) is 3.43. The Morgan fingerprint density at radius 3 is 2.90 bits per heavy atom. The minimum absolute atomic E-state index is 0.0156. The van der Waals surface area contributed by atoms with Gasteiger partial charge in [-0.15, -0.1) is 0 Å². The lowest BCUT2D eigenvalue weighted by Gasteiger charge is -2.20. The third-order valence-corrected chi connectivity index (χ3v) is 3.63. The van der Waals surface area contributed by atoms with E-state index in [1.165, 1.54) is 6.21 Å². The molecular weight excluding hydrogens is 268 g/mol. The molecule has 6 nitrogen and oxygen atoms in total. The van der Waals surface area contributed by atoms with E-state index >= 15 is 0 Å². The minimum Gasteiger partial charge on any atom is -0.381 e. The molecule has 1 aliphatic carbocycles. The molecule has 108 valence electrons. The third-order valence-electron chi connectivity index (χ3n) is 3.63. The molecule has 0 atom stereocenters. The standard InChI is InChI=1S/C15H16N4O2/c16-18-7-10-3-4-17-13-6-12(5-11(8-20)14(10)13)19-15(21)9-1-2-9/h3,5-9,17H,1-2,4,16H2,(H,19,21)/b18-7-. The van der Waals surface area contributed by atoms with Crippen molar-refractivity contribution in [3.63, 3.8) is 0 Å². The maximum Gasteiger partial charge on any atom is 0.227 e. The zero-order chi connectivity index (χ0) is 14.8. The Balaban J connectivity index is 1.98. The summed E-state index contributed by atoms with van der Waals surface area (Å²) in [5.41, 5.74) is 3.48. The van der Waals surface area contributed by atoms with Crippen LogP contribution in [0.4, 0.5) is 11.4 Å². The second-order valence-corrected chi connectivity index (χ2v) is 5.19. The summed E-state index contributed by atoms with van der Waals surface area (Å²) < 4.78 is 0. The average Bonchev–Trinajstić information content (AvgIpc) is 3.31. The topological polar surface area (TPSA) is 96.6 Å². The molecule has 0 bridgehead atoms. The molecule has 0 radical (unpaired) electrons. The first-order valence-electron chi connectivity index (χ1n) is 6.84. The fourth-order valence-electron chi connectivity index (χ4n) is 2.45. The number of amides is 1. The number of allylic oxidation sites excluding steroid dienone is 1. The highest BCUT2D eigenvalue weighted by Gasteiger charge is 2.30. The Bertz CT molecular complexity index is 660. The van der Waals surface area contributed by atoms with E-state index < -0.39 is 0 Å². The van der Waals surface area contributed by atoms with Crippen LogP contribution in [0.15, 0.2) is 23.3 Å². The van der Waals surface area contributed by atoms with Gasteiger partial charge in [-0.1, -0.05) is 6.08 Å². The van der Waals surface area contributed by atoms with Gasteiger partial charge < -0.3 is 16.5 Å². The van der Waals surface area contributed by atoms with Gasteiger partial charge in [-0.2, -0.15) is 5.10 Å². The van der Waals surface area contributed by atoms with Gasteiger partial charge in [0.25, 0.3) is 0 Å². The molecule has 6 heteroatoms. The van der Waals surface area contributed by atoms with Gasteiger partial charge in [0.15, 0.2) is 6.29 Å². The van der Waals surface area contributed by atoms with Crippen LogP contribution >= 0.6 is 0 Å². The number of nitrogens with two attached hydrogens (primary N) is 1. The van der Waals surface area contributed by atoms with Gasteiger partial charge in [-0.3, -0.25) is 9.59 Å². The molecular formula is C15H16N4O2. The number of benzene rings is 1. The maximum atomic E-state index is 11.8. The smallest absolute Gasteiger partial charge is 0.227 e. The molecule has 2 aliphatic rings. The highest BCUT2D eigenvalue weighted by molar-refractivity contribution is 6.16. The monoisotopic (exact) mass is 284 g/mol.